The van der Waals surface area contributed by atoms with E-state index in [1.165, 1.54) is 0 Å². The van der Waals surface area contributed by atoms with Crippen molar-refractivity contribution < 1.29 is 13.6 Å². The van der Waals surface area contributed by atoms with E-state index in [4.69, 9.17) is 10.9 Å². The number of oxime groups is 1. The molecule has 7 heteroatoms. The number of hydrogen-bond donors (Lipinski definition) is 2. The molecule has 1 aromatic rings. The van der Waals surface area contributed by atoms with E-state index < -0.39 is 9.84 Å². The van der Waals surface area contributed by atoms with Gasteiger partial charge in [-0.25, -0.2) is 8.42 Å². The zero-order chi connectivity index (χ0) is 15.6. The van der Waals surface area contributed by atoms with Crippen molar-refractivity contribution in [2.45, 2.75) is 26.4 Å². The third kappa shape index (κ3) is 3.74. The molecule has 0 saturated carbocycles. The van der Waals surface area contributed by atoms with Crippen LogP contribution in [-0.4, -0.2) is 48.5 Å². The lowest BCUT2D eigenvalue weighted by molar-refractivity contribution is 0.218. The van der Waals surface area contributed by atoms with Gasteiger partial charge in [0.25, 0.3) is 0 Å². The highest BCUT2D eigenvalue weighted by Crippen LogP contribution is 2.18. The summed E-state index contributed by atoms with van der Waals surface area (Å²) in [6.45, 7) is 5.18. The minimum absolute atomic E-state index is 0.0203. The quantitative estimate of drug-likeness (QED) is 0.371. The van der Waals surface area contributed by atoms with Crippen molar-refractivity contribution in [3.05, 3.63) is 34.9 Å². The number of nitrogens with two attached hydrogens (primary N) is 1. The van der Waals surface area contributed by atoms with Crippen LogP contribution in [0.1, 0.15) is 23.6 Å². The Kier molecular flexibility index (Phi) is 4.53. The molecule has 1 fully saturated rings. The first-order valence-corrected chi connectivity index (χ1v) is 8.66. The van der Waals surface area contributed by atoms with Crippen LogP contribution >= 0.6 is 0 Å². The normalized spacial score (nSPS) is 23.1. The summed E-state index contributed by atoms with van der Waals surface area (Å²) in [6.07, 6.45) is 0. The predicted molar refractivity (Wildman–Crippen MR) is 82.2 cm³/mol. The molecule has 1 saturated heterocycles. The van der Waals surface area contributed by atoms with Crippen LogP contribution in [0, 0.1) is 6.92 Å². The first-order valence-electron chi connectivity index (χ1n) is 6.84. The van der Waals surface area contributed by atoms with E-state index in [2.05, 4.69) is 10.1 Å². The van der Waals surface area contributed by atoms with Gasteiger partial charge in [-0.3, -0.25) is 4.90 Å². The summed E-state index contributed by atoms with van der Waals surface area (Å²) in [7, 11) is -2.89. The average Bonchev–Trinajstić information content (AvgIpc) is 2.42. The molecule has 0 spiro atoms. The summed E-state index contributed by atoms with van der Waals surface area (Å²) < 4.78 is 23.2. The first kappa shape index (κ1) is 15.8. The number of aryl methyl sites for hydroxylation is 1. The maximum Gasteiger partial charge on any atom is 0.170 e. The zero-order valence-electron chi connectivity index (χ0n) is 12.3. The lowest BCUT2D eigenvalue weighted by atomic mass is 10.0. The average molecular weight is 311 g/mol. The van der Waals surface area contributed by atoms with E-state index in [0.717, 1.165) is 11.1 Å². The summed E-state index contributed by atoms with van der Waals surface area (Å²) >= 11 is 0. The molecule has 1 atom stereocenters. The van der Waals surface area contributed by atoms with Gasteiger partial charge in [0.1, 0.15) is 0 Å². The molecule has 0 aliphatic carbocycles. The minimum atomic E-state index is -2.89. The van der Waals surface area contributed by atoms with E-state index in [1.54, 1.807) is 0 Å². The van der Waals surface area contributed by atoms with E-state index in [1.807, 2.05) is 32.0 Å². The Bertz CT molecular complexity index is 655. The monoisotopic (exact) mass is 311 g/mol. The van der Waals surface area contributed by atoms with Gasteiger partial charge in [-0.1, -0.05) is 17.3 Å². The van der Waals surface area contributed by atoms with Crippen LogP contribution < -0.4 is 5.73 Å². The first-order chi connectivity index (χ1) is 9.82. The highest BCUT2D eigenvalue weighted by molar-refractivity contribution is 7.91. The predicted octanol–water partition coefficient (Wildman–Crippen LogP) is 0.708. The molecule has 0 aromatic heterocycles. The van der Waals surface area contributed by atoms with Crippen molar-refractivity contribution in [1.29, 1.82) is 0 Å². The fourth-order valence-electron chi connectivity index (χ4n) is 2.58. The molecule has 0 amide bonds. The molecular weight excluding hydrogens is 290 g/mol. The summed E-state index contributed by atoms with van der Waals surface area (Å²) in [5.74, 6) is 0.523. The summed E-state index contributed by atoms with van der Waals surface area (Å²) in [4.78, 5) is 2.17. The fraction of sp³-hybridized carbons (Fsp3) is 0.500. The SMILES string of the molecule is Cc1cc(/C(N)=N/O)ccc1CN1CCS(=O)(=O)CC1C. The number of nitrogens with zero attached hydrogens (tertiary/aromatic N) is 2. The second kappa shape index (κ2) is 6.03. The molecule has 0 radical (unpaired) electrons. The van der Waals surface area contributed by atoms with E-state index in [0.29, 0.717) is 18.7 Å². The summed E-state index contributed by atoms with van der Waals surface area (Å²) in [5, 5.41) is 11.7. The Labute approximate surface area is 125 Å². The molecule has 1 aliphatic heterocycles. The topological polar surface area (TPSA) is 96.0 Å². The van der Waals surface area contributed by atoms with Crippen molar-refractivity contribution in [2.24, 2.45) is 10.9 Å². The van der Waals surface area contributed by atoms with Crippen molar-refractivity contribution >= 4 is 15.7 Å². The van der Waals surface area contributed by atoms with Crippen LogP contribution in [0.15, 0.2) is 23.4 Å². The minimum Gasteiger partial charge on any atom is -0.409 e. The Morgan fingerprint density at radius 2 is 2.24 bits per heavy atom. The second-order valence-corrected chi connectivity index (χ2v) is 7.79. The smallest absolute Gasteiger partial charge is 0.170 e. The number of sulfone groups is 1. The molecule has 1 unspecified atom stereocenters. The number of hydrogen-bond acceptors (Lipinski definition) is 5. The number of amidine groups is 1. The van der Waals surface area contributed by atoms with Crippen molar-refractivity contribution in [3.63, 3.8) is 0 Å². The third-order valence-electron chi connectivity index (χ3n) is 3.93. The van der Waals surface area contributed by atoms with Crippen LogP contribution in [0.5, 0.6) is 0 Å². The lowest BCUT2D eigenvalue weighted by Gasteiger charge is -2.33. The van der Waals surface area contributed by atoms with Crippen molar-refractivity contribution in [1.82, 2.24) is 4.90 Å². The number of benzene rings is 1. The number of rotatable bonds is 3. The standard InChI is InChI=1S/C14H21N3O3S/c1-10-7-12(14(15)16-18)3-4-13(10)8-17-5-6-21(19,20)9-11(17)2/h3-4,7,11,18H,5-6,8-9H2,1-2H3,(H2,15,16). The Morgan fingerprint density at radius 1 is 1.52 bits per heavy atom. The van der Waals surface area contributed by atoms with Gasteiger partial charge in [-0.15, -0.1) is 0 Å². The zero-order valence-corrected chi connectivity index (χ0v) is 13.1. The van der Waals surface area contributed by atoms with E-state index in [-0.39, 0.29) is 23.4 Å². The van der Waals surface area contributed by atoms with Crippen LogP contribution in [0.25, 0.3) is 0 Å². The molecule has 1 aliphatic rings. The summed E-state index contributed by atoms with van der Waals surface area (Å²) in [5.41, 5.74) is 8.41. The molecule has 1 heterocycles. The van der Waals surface area contributed by atoms with E-state index >= 15 is 0 Å². The molecule has 21 heavy (non-hydrogen) atoms. The van der Waals surface area contributed by atoms with Crippen LogP contribution in [0.4, 0.5) is 0 Å². The molecule has 1 aromatic carbocycles. The van der Waals surface area contributed by atoms with Gasteiger partial charge in [-0.05, 0) is 31.0 Å². The Hall–Kier alpha value is -1.60. The Morgan fingerprint density at radius 3 is 2.81 bits per heavy atom. The lowest BCUT2D eigenvalue weighted by Crippen LogP contribution is -2.46. The van der Waals surface area contributed by atoms with Crippen molar-refractivity contribution in [2.75, 3.05) is 18.1 Å². The largest absolute Gasteiger partial charge is 0.409 e. The van der Waals surface area contributed by atoms with Gasteiger partial charge in [0.05, 0.1) is 11.5 Å². The van der Waals surface area contributed by atoms with Gasteiger partial charge in [-0.2, -0.15) is 0 Å². The van der Waals surface area contributed by atoms with Crippen LogP contribution in [0.3, 0.4) is 0 Å². The van der Waals surface area contributed by atoms with Gasteiger partial charge in [0, 0.05) is 24.7 Å². The molecular formula is C14H21N3O3S. The maximum absolute atomic E-state index is 11.6. The molecule has 6 nitrogen and oxygen atoms in total. The molecule has 0 bridgehead atoms. The Balaban J connectivity index is 2.14. The van der Waals surface area contributed by atoms with Crippen LogP contribution in [-0.2, 0) is 16.4 Å². The molecule has 116 valence electrons. The van der Waals surface area contributed by atoms with Crippen molar-refractivity contribution in [3.8, 4) is 0 Å². The highest BCUT2D eigenvalue weighted by Gasteiger charge is 2.28. The second-order valence-electron chi connectivity index (χ2n) is 5.56. The fourth-order valence-corrected chi connectivity index (χ4v) is 4.20. The van der Waals surface area contributed by atoms with E-state index in [9.17, 15) is 8.42 Å². The van der Waals surface area contributed by atoms with Crippen LogP contribution in [0.2, 0.25) is 0 Å². The van der Waals surface area contributed by atoms with Gasteiger partial charge in [0.15, 0.2) is 15.7 Å². The maximum atomic E-state index is 11.6. The van der Waals surface area contributed by atoms with Gasteiger partial charge >= 0.3 is 0 Å². The molecule has 3 N–H and O–H groups in total. The third-order valence-corrected chi connectivity index (χ3v) is 5.72. The van der Waals surface area contributed by atoms with Gasteiger partial charge < -0.3 is 10.9 Å². The summed E-state index contributed by atoms with van der Waals surface area (Å²) in [6, 6.07) is 5.64. The highest BCUT2D eigenvalue weighted by atomic mass is 32.2. The van der Waals surface area contributed by atoms with Gasteiger partial charge in [0.2, 0.25) is 0 Å². The molecule has 2 rings (SSSR count).